The maximum atomic E-state index is 13.0. The molecule has 15 heavy (non-hydrogen) atoms. The van der Waals surface area contributed by atoms with Crippen LogP contribution in [0.15, 0.2) is 0 Å². The van der Waals surface area contributed by atoms with Crippen molar-refractivity contribution < 1.29 is 18.4 Å². The Labute approximate surface area is 88.0 Å². The molecule has 0 spiro atoms. The summed E-state index contributed by atoms with van der Waals surface area (Å²) < 4.78 is 39.1. The Morgan fingerprint density at radius 2 is 1.67 bits per heavy atom. The predicted molar refractivity (Wildman–Crippen MR) is 49.5 cm³/mol. The zero-order valence-corrected chi connectivity index (χ0v) is 9.48. The summed E-state index contributed by atoms with van der Waals surface area (Å²) >= 11 is 0. The molecule has 0 aliphatic carbocycles. The van der Waals surface area contributed by atoms with Gasteiger partial charge in [-0.15, -0.1) is 10.3 Å². The van der Waals surface area contributed by atoms with E-state index in [1.54, 1.807) is 13.8 Å². The van der Waals surface area contributed by atoms with E-state index in [1.165, 1.54) is 13.8 Å². The van der Waals surface area contributed by atoms with Crippen molar-refractivity contribution >= 4 is 0 Å². The highest BCUT2D eigenvalue weighted by Crippen LogP contribution is 2.52. The fourth-order valence-electron chi connectivity index (χ4n) is 2.35. The molecule has 0 aromatic carbocycles. The van der Waals surface area contributed by atoms with Crippen molar-refractivity contribution in [3.8, 4) is 0 Å². The molecule has 1 atom stereocenters. The average Bonchev–Trinajstić information content (AvgIpc) is 2.23. The molecule has 0 N–H and O–H groups in total. The van der Waals surface area contributed by atoms with Crippen LogP contribution < -0.4 is 0 Å². The molecule has 0 saturated carbocycles. The van der Waals surface area contributed by atoms with Crippen LogP contribution in [0.25, 0.3) is 0 Å². The van der Waals surface area contributed by atoms with Crippen LogP contribution in [0.5, 0.6) is 0 Å². The lowest BCUT2D eigenvalue weighted by atomic mass is 9.84. The molecule has 1 aliphatic heterocycles. The summed E-state index contributed by atoms with van der Waals surface area (Å²) in [5.74, 6) is -0.725. The first kappa shape index (κ1) is 12.8. The third-order valence-corrected chi connectivity index (χ3v) is 3.48. The van der Waals surface area contributed by atoms with Crippen molar-refractivity contribution in [1.29, 1.82) is 0 Å². The number of hydrogen-bond acceptors (Lipinski definition) is 1. The molecule has 1 rings (SSSR count). The highest BCUT2D eigenvalue weighted by Gasteiger charge is 2.67. The maximum absolute atomic E-state index is 13.0. The van der Waals surface area contributed by atoms with Gasteiger partial charge < -0.3 is 0 Å². The highest BCUT2D eigenvalue weighted by atomic mass is 19.4. The SMILES string of the molecule is CC(C)C1(C(F)(F)F)CCC(C)(C)N1[O]. The van der Waals surface area contributed by atoms with Gasteiger partial charge in [0.25, 0.3) is 0 Å². The van der Waals surface area contributed by atoms with Crippen molar-refractivity contribution in [1.82, 2.24) is 5.06 Å². The number of halogens is 3. The Kier molecular flexibility index (Phi) is 2.85. The molecule has 1 unspecified atom stereocenters. The second kappa shape index (κ2) is 3.35. The molecule has 1 radical (unpaired) electrons. The number of alkyl halides is 3. The van der Waals surface area contributed by atoms with Gasteiger partial charge in [-0.05, 0) is 32.6 Å². The van der Waals surface area contributed by atoms with Gasteiger partial charge >= 0.3 is 6.18 Å². The van der Waals surface area contributed by atoms with E-state index in [-0.39, 0.29) is 17.9 Å². The molecule has 0 amide bonds. The lowest BCUT2D eigenvalue weighted by Crippen LogP contribution is -2.60. The van der Waals surface area contributed by atoms with Crippen LogP contribution in [0.2, 0.25) is 0 Å². The molecule has 0 bridgehead atoms. The van der Waals surface area contributed by atoms with Crippen molar-refractivity contribution in [3.63, 3.8) is 0 Å². The van der Waals surface area contributed by atoms with Crippen LogP contribution in [0.4, 0.5) is 13.2 Å². The molecule has 1 aliphatic rings. The van der Waals surface area contributed by atoms with Crippen molar-refractivity contribution in [2.45, 2.75) is 57.8 Å². The van der Waals surface area contributed by atoms with Gasteiger partial charge in [0.2, 0.25) is 0 Å². The van der Waals surface area contributed by atoms with Gasteiger partial charge in [-0.25, -0.2) is 0 Å². The third-order valence-electron chi connectivity index (χ3n) is 3.48. The first-order chi connectivity index (χ1) is 6.56. The maximum Gasteiger partial charge on any atom is 0.409 e. The Balaban J connectivity index is 3.17. The van der Waals surface area contributed by atoms with E-state index in [9.17, 15) is 18.4 Å². The molecule has 89 valence electrons. The molecule has 1 heterocycles. The van der Waals surface area contributed by atoms with E-state index in [0.717, 1.165) is 0 Å². The monoisotopic (exact) mass is 224 g/mol. The van der Waals surface area contributed by atoms with Gasteiger partial charge in [0.15, 0.2) is 0 Å². The number of nitrogens with zero attached hydrogens (tertiary/aromatic N) is 1. The van der Waals surface area contributed by atoms with Gasteiger partial charge in [-0.2, -0.15) is 13.2 Å². The van der Waals surface area contributed by atoms with E-state index in [4.69, 9.17) is 0 Å². The minimum absolute atomic E-state index is 0.106. The van der Waals surface area contributed by atoms with E-state index in [1.807, 2.05) is 0 Å². The molecule has 0 aromatic heterocycles. The van der Waals surface area contributed by atoms with E-state index in [0.29, 0.717) is 0 Å². The number of hydrogen-bond donors (Lipinski definition) is 0. The minimum Gasteiger partial charge on any atom is -0.169 e. The van der Waals surface area contributed by atoms with Crippen LogP contribution in [-0.4, -0.2) is 22.3 Å². The van der Waals surface area contributed by atoms with Gasteiger partial charge in [0.1, 0.15) is 5.54 Å². The second-order valence-electron chi connectivity index (χ2n) is 5.18. The number of hydroxylamine groups is 2. The standard InChI is InChI=1S/C10H17F3NO/c1-7(2)9(10(11,12)13)6-5-8(3,4)14(9)15/h7H,5-6H2,1-4H3. The lowest BCUT2D eigenvalue weighted by Gasteiger charge is -2.41. The quantitative estimate of drug-likeness (QED) is 0.671. The summed E-state index contributed by atoms with van der Waals surface area (Å²) in [6.45, 7) is 6.05. The zero-order valence-electron chi connectivity index (χ0n) is 9.48. The Morgan fingerprint density at radius 1 is 1.20 bits per heavy atom. The third kappa shape index (κ3) is 1.65. The number of rotatable bonds is 1. The summed E-state index contributed by atoms with van der Waals surface area (Å²) in [4.78, 5) is 0. The van der Waals surface area contributed by atoms with Crippen molar-refractivity contribution in [2.24, 2.45) is 5.92 Å². The predicted octanol–water partition coefficient (Wildman–Crippen LogP) is 3.16. The fourth-order valence-corrected chi connectivity index (χ4v) is 2.35. The smallest absolute Gasteiger partial charge is 0.169 e. The van der Waals surface area contributed by atoms with Crippen LogP contribution in [0, 0.1) is 5.92 Å². The Hall–Kier alpha value is -0.290. The normalized spacial score (nSPS) is 32.6. The molecular formula is C10H17F3NO. The summed E-state index contributed by atoms with van der Waals surface area (Å²) in [6.07, 6.45) is -4.28. The summed E-state index contributed by atoms with van der Waals surface area (Å²) in [5.41, 5.74) is -3.11. The second-order valence-corrected chi connectivity index (χ2v) is 5.18. The van der Waals surface area contributed by atoms with Crippen molar-refractivity contribution in [2.75, 3.05) is 0 Å². The molecule has 0 aromatic rings. The van der Waals surface area contributed by atoms with Crippen molar-refractivity contribution in [3.05, 3.63) is 0 Å². The summed E-state index contributed by atoms with van der Waals surface area (Å²) in [5, 5.41) is 12.1. The summed E-state index contributed by atoms with van der Waals surface area (Å²) in [7, 11) is 0. The van der Waals surface area contributed by atoms with Crippen LogP contribution >= 0.6 is 0 Å². The molecule has 1 fully saturated rings. The van der Waals surface area contributed by atoms with E-state index >= 15 is 0 Å². The fraction of sp³-hybridized carbons (Fsp3) is 1.00. The minimum atomic E-state index is -4.46. The first-order valence-electron chi connectivity index (χ1n) is 5.10. The molecule has 5 heteroatoms. The molecular weight excluding hydrogens is 207 g/mol. The highest BCUT2D eigenvalue weighted by molar-refractivity contribution is 5.07. The van der Waals surface area contributed by atoms with E-state index < -0.39 is 23.2 Å². The first-order valence-corrected chi connectivity index (χ1v) is 5.10. The Morgan fingerprint density at radius 3 is 1.80 bits per heavy atom. The van der Waals surface area contributed by atoms with Gasteiger partial charge in [0, 0.05) is 5.54 Å². The topological polar surface area (TPSA) is 23.1 Å². The lowest BCUT2D eigenvalue weighted by molar-refractivity contribution is -0.347. The van der Waals surface area contributed by atoms with Crippen LogP contribution in [-0.2, 0) is 5.21 Å². The van der Waals surface area contributed by atoms with Crippen LogP contribution in [0.3, 0.4) is 0 Å². The molecule has 2 nitrogen and oxygen atoms in total. The van der Waals surface area contributed by atoms with Gasteiger partial charge in [-0.3, -0.25) is 0 Å². The average molecular weight is 224 g/mol. The summed E-state index contributed by atoms with van der Waals surface area (Å²) in [6, 6.07) is 0. The largest absolute Gasteiger partial charge is 0.409 e. The van der Waals surface area contributed by atoms with Gasteiger partial charge in [-0.1, -0.05) is 13.8 Å². The van der Waals surface area contributed by atoms with Gasteiger partial charge in [0.05, 0.1) is 0 Å². The van der Waals surface area contributed by atoms with Crippen LogP contribution in [0.1, 0.15) is 40.5 Å². The Bertz CT molecular complexity index is 250. The zero-order chi connectivity index (χ0) is 12.1. The molecule has 1 saturated heterocycles. The van der Waals surface area contributed by atoms with E-state index in [2.05, 4.69) is 0 Å².